The highest BCUT2D eigenvalue weighted by Gasteiger charge is 2.27. The van der Waals surface area contributed by atoms with Gasteiger partial charge in [-0.2, -0.15) is 0 Å². The number of amides is 1. The van der Waals surface area contributed by atoms with E-state index in [0.29, 0.717) is 31.0 Å². The highest BCUT2D eigenvalue weighted by Crippen LogP contribution is 2.17. The number of aromatic nitrogens is 1. The molecule has 1 saturated heterocycles. The maximum Gasteiger partial charge on any atom is 0.339 e. The summed E-state index contributed by atoms with van der Waals surface area (Å²) in [5.41, 5.74) is 0.436. The fourth-order valence-corrected chi connectivity index (χ4v) is 2.16. The van der Waals surface area contributed by atoms with Gasteiger partial charge in [0.25, 0.3) is 0 Å². The standard InChI is InChI=1S/C14H19N3O3/c1-3-20-14(19)10-4-6-12(15-8-10)16-9-11-5-7-13(18)17(11)2/h4,6,8,11H,3,5,7,9H2,1-2H3,(H,15,16). The van der Waals surface area contributed by atoms with Gasteiger partial charge in [0.05, 0.1) is 12.2 Å². The van der Waals surface area contributed by atoms with Crippen LogP contribution in [0.2, 0.25) is 0 Å². The van der Waals surface area contributed by atoms with Crippen LogP contribution < -0.4 is 5.32 Å². The number of hydrogen-bond donors (Lipinski definition) is 1. The van der Waals surface area contributed by atoms with E-state index in [1.165, 1.54) is 6.20 Å². The predicted molar refractivity (Wildman–Crippen MR) is 74.5 cm³/mol. The first-order valence-corrected chi connectivity index (χ1v) is 6.74. The molecule has 0 bridgehead atoms. The van der Waals surface area contributed by atoms with Crippen molar-refractivity contribution in [3.63, 3.8) is 0 Å². The Morgan fingerprint density at radius 1 is 1.55 bits per heavy atom. The van der Waals surface area contributed by atoms with Crippen LogP contribution in [0.4, 0.5) is 5.82 Å². The highest BCUT2D eigenvalue weighted by atomic mass is 16.5. The van der Waals surface area contributed by atoms with Gasteiger partial charge in [-0.3, -0.25) is 4.79 Å². The molecule has 0 saturated carbocycles. The van der Waals surface area contributed by atoms with Crippen molar-refractivity contribution < 1.29 is 14.3 Å². The first-order valence-electron chi connectivity index (χ1n) is 6.74. The number of ether oxygens (including phenoxy) is 1. The molecule has 1 aliphatic rings. The number of likely N-dealkylation sites (N-methyl/N-ethyl adjacent to an activating group) is 1. The van der Waals surface area contributed by atoms with E-state index in [-0.39, 0.29) is 17.9 Å². The Labute approximate surface area is 118 Å². The molecule has 1 atom stereocenters. The molecule has 0 spiro atoms. The largest absolute Gasteiger partial charge is 0.462 e. The number of hydrogen-bond acceptors (Lipinski definition) is 5. The van der Waals surface area contributed by atoms with Crippen LogP contribution in [0.1, 0.15) is 30.1 Å². The van der Waals surface area contributed by atoms with E-state index in [2.05, 4.69) is 10.3 Å². The molecule has 1 unspecified atom stereocenters. The molecule has 0 radical (unpaired) electrons. The molecule has 1 fully saturated rings. The highest BCUT2D eigenvalue weighted by molar-refractivity contribution is 5.89. The average molecular weight is 277 g/mol. The number of nitrogens with zero attached hydrogens (tertiary/aromatic N) is 2. The molecule has 1 N–H and O–H groups in total. The number of likely N-dealkylation sites (tertiary alicyclic amines) is 1. The first kappa shape index (κ1) is 14.3. The molecule has 2 heterocycles. The molecular formula is C14H19N3O3. The van der Waals surface area contributed by atoms with Crippen molar-refractivity contribution in [3.8, 4) is 0 Å². The molecule has 1 aromatic heterocycles. The Hall–Kier alpha value is -2.11. The normalized spacial score (nSPS) is 18.2. The van der Waals surface area contributed by atoms with Gasteiger partial charge in [-0.25, -0.2) is 9.78 Å². The van der Waals surface area contributed by atoms with Gasteiger partial charge >= 0.3 is 5.97 Å². The predicted octanol–water partition coefficient (Wildman–Crippen LogP) is 1.29. The minimum atomic E-state index is -0.368. The van der Waals surface area contributed by atoms with E-state index in [1.54, 1.807) is 24.0 Å². The van der Waals surface area contributed by atoms with E-state index < -0.39 is 0 Å². The molecule has 6 nitrogen and oxygen atoms in total. The van der Waals surface area contributed by atoms with E-state index >= 15 is 0 Å². The minimum absolute atomic E-state index is 0.183. The molecule has 1 amide bonds. The molecule has 6 heteroatoms. The smallest absolute Gasteiger partial charge is 0.339 e. The van der Waals surface area contributed by atoms with Crippen molar-refractivity contribution in [2.24, 2.45) is 0 Å². The topological polar surface area (TPSA) is 71.5 Å². The Bertz CT molecular complexity index is 487. The summed E-state index contributed by atoms with van der Waals surface area (Å²) in [6.45, 7) is 2.77. The molecule has 20 heavy (non-hydrogen) atoms. The van der Waals surface area contributed by atoms with Gasteiger partial charge < -0.3 is 15.0 Å². The number of carbonyl (C=O) groups is 2. The zero-order valence-electron chi connectivity index (χ0n) is 11.8. The summed E-state index contributed by atoms with van der Waals surface area (Å²) in [7, 11) is 1.82. The van der Waals surface area contributed by atoms with Crippen LogP contribution in [0.25, 0.3) is 0 Å². The Kier molecular flexibility index (Phi) is 4.55. The summed E-state index contributed by atoms with van der Waals surface area (Å²) in [5.74, 6) is 0.501. The van der Waals surface area contributed by atoms with E-state index in [1.807, 2.05) is 7.05 Å². The van der Waals surface area contributed by atoms with Crippen LogP contribution >= 0.6 is 0 Å². The third-order valence-electron chi connectivity index (χ3n) is 3.43. The summed E-state index contributed by atoms with van der Waals surface area (Å²) < 4.78 is 4.89. The summed E-state index contributed by atoms with van der Waals surface area (Å²) >= 11 is 0. The van der Waals surface area contributed by atoms with Crippen LogP contribution in [0, 0.1) is 0 Å². The second-order valence-corrected chi connectivity index (χ2v) is 4.73. The van der Waals surface area contributed by atoms with Crippen LogP contribution in [-0.4, -0.2) is 48.0 Å². The Morgan fingerprint density at radius 2 is 2.35 bits per heavy atom. The van der Waals surface area contributed by atoms with E-state index in [4.69, 9.17) is 4.74 Å². The van der Waals surface area contributed by atoms with Gasteiger partial charge in [-0.1, -0.05) is 0 Å². The quantitative estimate of drug-likeness (QED) is 0.821. The fraction of sp³-hybridized carbons (Fsp3) is 0.500. The van der Waals surface area contributed by atoms with Crippen molar-refractivity contribution >= 4 is 17.7 Å². The number of nitrogens with one attached hydrogen (secondary N) is 1. The van der Waals surface area contributed by atoms with Crippen molar-refractivity contribution in [1.82, 2.24) is 9.88 Å². The van der Waals surface area contributed by atoms with Crippen molar-refractivity contribution in [3.05, 3.63) is 23.9 Å². The van der Waals surface area contributed by atoms with Gasteiger partial charge in [-0.15, -0.1) is 0 Å². The zero-order valence-corrected chi connectivity index (χ0v) is 11.8. The van der Waals surface area contributed by atoms with Crippen molar-refractivity contribution in [2.45, 2.75) is 25.8 Å². The summed E-state index contributed by atoms with van der Waals surface area (Å²) in [6.07, 6.45) is 2.96. The summed E-state index contributed by atoms with van der Waals surface area (Å²) in [6, 6.07) is 3.62. The molecule has 0 aromatic carbocycles. The Morgan fingerprint density at radius 3 is 2.90 bits per heavy atom. The number of carbonyl (C=O) groups excluding carboxylic acids is 2. The number of rotatable bonds is 5. The van der Waals surface area contributed by atoms with Crippen LogP contribution in [0.15, 0.2) is 18.3 Å². The van der Waals surface area contributed by atoms with E-state index in [0.717, 1.165) is 6.42 Å². The lowest BCUT2D eigenvalue weighted by Gasteiger charge is -2.20. The van der Waals surface area contributed by atoms with Gasteiger partial charge in [-0.05, 0) is 25.5 Å². The zero-order chi connectivity index (χ0) is 14.5. The molecule has 1 aromatic rings. The fourth-order valence-electron chi connectivity index (χ4n) is 2.16. The lowest BCUT2D eigenvalue weighted by molar-refractivity contribution is -0.127. The van der Waals surface area contributed by atoms with Gasteiger partial charge in [0.1, 0.15) is 5.82 Å². The summed E-state index contributed by atoms with van der Waals surface area (Å²) in [4.78, 5) is 28.8. The number of esters is 1. The van der Waals surface area contributed by atoms with Gasteiger partial charge in [0, 0.05) is 32.3 Å². The second-order valence-electron chi connectivity index (χ2n) is 4.73. The second kappa shape index (κ2) is 6.36. The number of anilines is 1. The lowest BCUT2D eigenvalue weighted by atomic mass is 10.2. The SMILES string of the molecule is CCOC(=O)c1ccc(NCC2CCC(=O)N2C)nc1. The number of pyridine rings is 1. The molecular weight excluding hydrogens is 258 g/mol. The molecule has 0 aliphatic carbocycles. The van der Waals surface area contributed by atoms with Crippen LogP contribution in [0.3, 0.4) is 0 Å². The van der Waals surface area contributed by atoms with Crippen molar-refractivity contribution in [1.29, 1.82) is 0 Å². The minimum Gasteiger partial charge on any atom is -0.462 e. The van der Waals surface area contributed by atoms with Gasteiger partial charge in [0.2, 0.25) is 5.91 Å². The van der Waals surface area contributed by atoms with E-state index in [9.17, 15) is 9.59 Å². The van der Waals surface area contributed by atoms with Gasteiger partial charge in [0.15, 0.2) is 0 Å². The maximum atomic E-state index is 11.5. The van der Waals surface area contributed by atoms with Crippen LogP contribution in [0.5, 0.6) is 0 Å². The van der Waals surface area contributed by atoms with Crippen LogP contribution in [-0.2, 0) is 9.53 Å². The lowest BCUT2D eigenvalue weighted by Crippen LogP contribution is -2.34. The maximum absolute atomic E-state index is 11.5. The average Bonchev–Trinajstić information content (AvgIpc) is 2.77. The summed E-state index contributed by atoms with van der Waals surface area (Å²) in [5, 5.41) is 3.18. The Balaban J connectivity index is 1.88. The van der Waals surface area contributed by atoms with Crippen molar-refractivity contribution in [2.75, 3.05) is 25.5 Å². The monoisotopic (exact) mass is 277 g/mol. The molecule has 1 aliphatic heterocycles. The first-order chi connectivity index (χ1) is 9.61. The third kappa shape index (κ3) is 3.26. The molecule has 2 rings (SSSR count). The third-order valence-corrected chi connectivity index (χ3v) is 3.43. The molecule has 108 valence electrons.